The lowest BCUT2D eigenvalue weighted by molar-refractivity contribution is -0.693. The minimum absolute atomic E-state index is 0. The molecule has 9 heavy (non-hydrogen) atoms. The number of aryl methyl sites for hydroxylation is 2. The van der Waals surface area contributed by atoms with Crippen LogP contribution in [0.15, 0.2) is 18.7 Å². The smallest absolute Gasteiger partial charge is 0.243 e. The van der Waals surface area contributed by atoms with Crippen LogP contribution in [0, 0.1) is 0 Å². The van der Waals surface area contributed by atoms with Crippen molar-refractivity contribution < 1.29 is 9.27 Å². The Morgan fingerprint density at radius 1 is 1.56 bits per heavy atom. The van der Waals surface area contributed by atoms with Gasteiger partial charge in [-0.3, -0.25) is 4.70 Å². The van der Waals surface area contributed by atoms with Crippen LogP contribution in [0.1, 0.15) is 6.92 Å². The van der Waals surface area contributed by atoms with E-state index in [0.29, 0.717) is 0 Å². The maximum Gasteiger partial charge on any atom is 0.243 e. The summed E-state index contributed by atoms with van der Waals surface area (Å²) in [5.41, 5.74) is 0. The molecule has 0 N–H and O–H groups in total. The molecule has 0 bridgehead atoms. The first-order chi connectivity index (χ1) is 3.83. The molecule has 0 aliphatic rings. The highest BCUT2D eigenvalue weighted by atomic mass is 19.0. The van der Waals surface area contributed by atoms with Crippen molar-refractivity contribution in [1.29, 1.82) is 0 Å². The van der Waals surface area contributed by atoms with Gasteiger partial charge in [0.2, 0.25) is 6.33 Å². The van der Waals surface area contributed by atoms with E-state index in [9.17, 15) is 0 Å². The fourth-order valence-electron chi connectivity index (χ4n) is 0.689. The summed E-state index contributed by atoms with van der Waals surface area (Å²) in [6.07, 6.45) is 6.14. The predicted molar refractivity (Wildman–Crippen MR) is 33.8 cm³/mol. The summed E-state index contributed by atoms with van der Waals surface area (Å²) in [7, 11) is 2.02. The second-order valence-corrected chi connectivity index (χ2v) is 1.91. The van der Waals surface area contributed by atoms with Gasteiger partial charge in [0.05, 0.1) is 13.6 Å². The van der Waals surface area contributed by atoms with E-state index in [1.807, 2.05) is 17.8 Å². The Hall–Kier alpha value is -0.860. The van der Waals surface area contributed by atoms with E-state index < -0.39 is 0 Å². The minimum atomic E-state index is 0. The minimum Gasteiger partial charge on any atom is -0.269 e. The number of nitrogens with zero attached hydrogens (tertiary/aromatic N) is 2. The fourth-order valence-corrected chi connectivity index (χ4v) is 0.689. The Bertz CT molecular complexity index is 171. The second kappa shape index (κ2) is 3.22. The third-order valence-corrected chi connectivity index (χ3v) is 1.19. The van der Waals surface area contributed by atoms with E-state index in [2.05, 4.69) is 24.0 Å². The highest BCUT2D eigenvalue weighted by molar-refractivity contribution is 4.61. The van der Waals surface area contributed by atoms with E-state index in [1.165, 1.54) is 0 Å². The maximum absolute atomic E-state index is 2.12. The Labute approximate surface area is 54.1 Å². The van der Waals surface area contributed by atoms with Crippen molar-refractivity contribution in [3.63, 3.8) is 0 Å². The standard InChI is InChI=1S/C6H11N2.FH/c1-3-8-5-4-7(2)6-8;/h4-6H,3H2,1-2H3;1H/q+1;. The molecule has 1 heterocycles. The van der Waals surface area contributed by atoms with Gasteiger partial charge < -0.3 is 0 Å². The lowest BCUT2D eigenvalue weighted by Crippen LogP contribution is -2.28. The third kappa shape index (κ3) is 1.83. The van der Waals surface area contributed by atoms with E-state index >= 15 is 0 Å². The number of aromatic nitrogens is 2. The molecule has 0 aliphatic heterocycles. The van der Waals surface area contributed by atoms with Gasteiger partial charge in [-0.05, 0) is 6.92 Å². The first kappa shape index (κ1) is 8.14. The van der Waals surface area contributed by atoms with Crippen molar-refractivity contribution >= 4 is 0 Å². The van der Waals surface area contributed by atoms with E-state index in [0.717, 1.165) is 6.54 Å². The molecule has 1 rings (SSSR count). The van der Waals surface area contributed by atoms with Crippen LogP contribution >= 0.6 is 0 Å². The van der Waals surface area contributed by atoms with Crippen LogP contribution in [-0.2, 0) is 13.6 Å². The topological polar surface area (TPSA) is 8.81 Å². The van der Waals surface area contributed by atoms with Crippen molar-refractivity contribution in [1.82, 2.24) is 4.57 Å². The first-order valence-corrected chi connectivity index (χ1v) is 2.84. The molecule has 0 radical (unpaired) electrons. The number of halogens is 1. The van der Waals surface area contributed by atoms with Gasteiger partial charge in [0.15, 0.2) is 0 Å². The molecule has 52 valence electrons. The highest BCUT2D eigenvalue weighted by Crippen LogP contribution is 1.74. The molecule has 0 saturated carbocycles. The predicted octanol–water partition coefficient (Wildman–Crippen LogP) is 0.485. The highest BCUT2D eigenvalue weighted by Gasteiger charge is 1.92. The van der Waals surface area contributed by atoms with Crippen molar-refractivity contribution in [2.75, 3.05) is 0 Å². The monoisotopic (exact) mass is 131 g/mol. The van der Waals surface area contributed by atoms with Crippen molar-refractivity contribution in [3.8, 4) is 0 Å². The zero-order chi connectivity index (χ0) is 5.98. The Balaban J connectivity index is 0.000000640. The Kier molecular flexibility index (Phi) is 2.91. The molecular formula is C6H12FN2+. The van der Waals surface area contributed by atoms with Crippen molar-refractivity contribution in [2.45, 2.75) is 13.5 Å². The molecular weight excluding hydrogens is 119 g/mol. The van der Waals surface area contributed by atoms with Gasteiger partial charge in [0, 0.05) is 0 Å². The Morgan fingerprint density at radius 2 is 2.22 bits per heavy atom. The van der Waals surface area contributed by atoms with E-state index in [-0.39, 0.29) is 4.70 Å². The summed E-state index contributed by atoms with van der Waals surface area (Å²) >= 11 is 0. The van der Waals surface area contributed by atoms with Gasteiger partial charge in [0.1, 0.15) is 12.4 Å². The van der Waals surface area contributed by atoms with Crippen LogP contribution in [0.25, 0.3) is 0 Å². The molecule has 0 spiro atoms. The van der Waals surface area contributed by atoms with Crippen molar-refractivity contribution in [3.05, 3.63) is 18.7 Å². The fraction of sp³-hybridized carbons (Fsp3) is 0.500. The van der Waals surface area contributed by atoms with Gasteiger partial charge in [-0.1, -0.05) is 0 Å². The Morgan fingerprint density at radius 3 is 2.44 bits per heavy atom. The quantitative estimate of drug-likeness (QED) is 0.490. The van der Waals surface area contributed by atoms with Crippen molar-refractivity contribution in [2.24, 2.45) is 7.05 Å². The van der Waals surface area contributed by atoms with Crippen LogP contribution in [-0.4, -0.2) is 4.57 Å². The summed E-state index contributed by atoms with van der Waals surface area (Å²) < 4.78 is 4.16. The molecule has 3 heteroatoms. The summed E-state index contributed by atoms with van der Waals surface area (Å²) in [6.45, 7) is 3.18. The lowest BCUT2D eigenvalue weighted by Gasteiger charge is -1.81. The summed E-state index contributed by atoms with van der Waals surface area (Å²) in [6, 6.07) is 0. The molecule has 0 atom stereocenters. The molecule has 1 aromatic rings. The molecule has 1 aromatic heterocycles. The average molecular weight is 131 g/mol. The number of hydrogen-bond acceptors (Lipinski definition) is 0. The zero-order valence-corrected chi connectivity index (χ0v) is 5.74. The van der Waals surface area contributed by atoms with Crippen LogP contribution in [0.4, 0.5) is 4.70 Å². The number of hydrogen-bond donors (Lipinski definition) is 0. The largest absolute Gasteiger partial charge is 0.269 e. The van der Waals surface area contributed by atoms with Crippen LogP contribution in [0.5, 0.6) is 0 Å². The van der Waals surface area contributed by atoms with Gasteiger partial charge in [-0.25, -0.2) is 9.13 Å². The normalized spacial score (nSPS) is 8.67. The molecule has 0 saturated heterocycles. The van der Waals surface area contributed by atoms with Gasteiger partial charge in [-0.2, -0.15) is 0 Å². The SMILES string of the molecule is CC[n+]1ccn(C)c1.F. The van der Waals surface area contributed by atoms with Gasteiger partial charge in [-0.15, -0.1) is 0 Å². The first-order valence-electron chi connectivity index (χ1n) is 2.84. The van der Waals surface area contributed by atoms with Crippen LogP contribution in [0.3, 0.4) is 0 Å². The molecule has 0 amide bonds. The third-order valence-electron chi connectivity index (χ3n) is 1.19. The molecule has 0 unspecified atom stereocenters. The second-order valence-electron chi connectivity index (χ2n) is 1.91. The molecule has 0 fully saturated rings. The molecule has 2 nitrogen and oxygen atoms in total. The maximum atomic E-state index is 2.12. The summed E-state index contributed by atoms with van der Waals surface area (Å²) in [5.74, 6) is 0. The average Bonchev–Trinajstić information content (AvgIpc) is 2.14. The van der Waals surface area contributed by atoms with Crippen LogP contribution < -0.4 is 4.57 Å². The molecule has 0 aromatic carbocycles. The van der Waals surface area contributed by atoms with Gasteiger partial charge >= 0.3 is 0 Å². The number of imidazole rings is 1. The zero-order valence-electron chi connectivity index (χ0n) is 5.74. The van der Waals surface area contributed by atoms with E-state index in [1.54, 1.807) is 0 Å². The van der Waals surface area contributed by atoms with E-state index in [4.69, 9.17) is 0 Å². The molecule has 0 aliphatic carbocycles. The summed E-state index contributed by atoms with van der Waals surface area (Å²) in [4.78, 5) is 0. The number of rotatable bonds is 1. The lowest BCUT2D eigenvalue weighted by atomic mass is 10.7. The summed E-state index contributed by atoms with van der Waals surface area (Å²) in [5, 5.41) is 0. The van der Waals surface area contributed by atoms with Gasteiger partial charge in [0.25, 0.3) is 0 Å². The van der Waals surface area contributed by atoms with Crippen LogP contribution in [0.2, 0.25) is 0 Å².